The van der Waals surface area contributed by atoms with Gasteiger partial charge in [0.05, 0.1) is 35.7 Å². The molecule has 0 unspecified atom stereocenters. The molecule has 0 atom stereocenters. The lowest BCUT2D eigenvalue weighted by Gasteiger charge is -2.27. The van der Waals surface area contributed by atoms with Crippen molar-refractivity contribution in [3.63, 3.8) is 0 Å². The predicted molar refractivity (Wildman–Crippen MR) is 131 cm³/mol. The second-order valence-electron chi connectivity index (χ2n) is 8.05. The van der Waals surface area contributed by atoms with Crippen molar-refractivity contribution in [1.29, 1.82) is 0 Å². The Kier molecular flexibility index (Phi) is 7.28. The van der Waals surface area contributed by atoms with Gasteiger partial charge in [0.15, 0.2) is 0 Å². The molecule has 184 valence electrons. The highest BCUT2D eigenvalue weighted by Gasteiger charge is 2.22. The fourth-order valence-electron chi connectivity index (χ4n) is 4.01. The number of pyridine rings is 1. The van der Waals surface area contributed by atoms with Gasteiger partial charge in [0.2, 0.25) is 0 Å². The normalized spacial score (nSPS) is 14.0. The van der Waals surface area contributed by atoms with E-state index in [4.69, 9.17) is 9.84 Å². The monoisotopic (exact) mass is 483 g/mol. The molecule has 0 aliphatic carbocycles. The van der Waals surface area contributed by atoms with Gasteiger partial charge in [0.1, 0.15) is 11.4 Å². The Balaban J connectivity index is 1.70. The Bertz CT molecular complexity index is 1300. The zero-order valence-corrected chi connectivity index (χ0v) is 19.1. The zero-order valence-electron chi connectivity index (χ0n) is 19.1. The Morgan fingerprint density at radius 1 is 1.17 bits per heavy atom. The third-order valence-electron chi connectivity index (χ3n) is 5.81. The SMILES string of the molecule is CNc1cc(F)cc2c(NCCN3CCOCC3)c(C(=O)Nc3ccc(C(=O)O)cc3)c(=O)[nH]c12. The van der Waals surface area contributed by atoms with Crippen LogP contribution in [0, 0.1) is 5.82 Å². The number of carbonyl (C=O) groups excluding carboxylic acids is 1. The minimum absolute atomic E-state index is 0.0621. The molecule has 5 N–H and O–H groups in total. The van der Waals surface area contributed by atoms with Gasteiger partial charge in [-0.05, 0) is 36.4 Å². The average Bonchev–Trinajstić information content (AvgIpc) is 2.84. The van der Waals surface area contributed by atoms with E-state index < -0.39 is 23.3 Å². The number of nitrogens with zero attached hydrogens (tertiary/aromatic N) is 1. The number of halogens is 1. The lowest BCUT2D eigenvalue weighted by atomic mass is 10.1. The first-order chi connectivity index (χ1) is 16.9. The number of carboxylic acids is 1. The Morgan fingerprint density at radius 3 is 2.54 bits per heavy atom. The number of benzene rings is 2. The fraction of sp³-hybridized carbons (Fsp3) is 0.292. The highest BCUT2D eigenvalue weighted by atomic mass is 19.1. The van der Waals surface area contributed by atoms with Crippen molar-refractivity contribution in [2.45, 2.75) is 0 Å². The molecule has 11 heteroatoms. The number of carbonyl (C=O) groups is 2. The van der Waals surface area contributed by atoms with Crippen LogP contribution in [-0.4, -0.2) is 73.3 Å². The summed E-state index contributed by atoms with van der Waals surface area (Å²) in [6.07, 6.45) is 0. The van der Waals surface area contributed by atoms with Gasteiger partial charge in [-0.2, -0.15) is 0 Å². The van der Waals surface area contributed by atoms with Crippen LogP contribution in [0.25, 0.3) is 10.9 Å². The maximum absolute atomic E-state index is 14.4. The third-order valence-corrected chi connectivity index (χ3v) is 5.81. The number of morpholine rings is 1. The number of aromatic nitrogens is 1. The van der Waals surface area contributed by atoms with Gasteiger partial charge < -0.3 is 30.8 Å². The molecular formula is C24H26FN5O5. The fourth-order valence-corrected chi connectivity index (χ4v) is 4.01. The Labute approximate surface area is 200 Å². The molecule has 1 aliphatic heterocycles. The van der Waals surface area contributed by atoms with Crippen LogP contribution in [0.15, 0.2) is 41.2 Å². The number of ether oxygens (including phenoxy) is 1. The van der Waals surface area contributed by atoms with Gasteiger partial charge in [-0.1, -0.05) is 0 Å². The van der Waals surface area contributed by atoms with Crippen LogP contribution in [0.3, 0.4) is 0 Å². The van der Waals surface area contributed by atoms with E-state index in [2.05, 4.69) is 25.8 Å². The zero-order chi connectivity index (χ0) is 24.9. The summed E-state index contributed by atoms with van der Waals surface area (Å²) in [5.41, 5.74) is 0.497. The Hall–Kier alpha value is -3.96. The van der Waals surface area contributed by atoms with Crippen molar-refractivity contribution in [1.82, 2.24) is 9.88 Å². The average molecular weight is 484 g/mol. The van der Waals surface area contributed by atoms with Crippen LogP contribution >= 0.6 is 0 Å². The Morgan fingerprint density at radius 2 is 1.89 bits per heavy atom. The van der Waals surface area contributed by atoms with Crippen molar-refractivity contribution in [2.24, 2.45) is 0 Å². The molecule has 0 bridgehead atoms. The molecule has 0 spiro atoms. The summed E-state index contributed by atoms with van der Waals surface area (Å²) in [6, 6.07) is 8.08. The molecule has 1 aromatic heterocycles. The first-order valence-corrected chi connectivity index (χ1v) is 11.1. The third kappa shape index (κ3) is 5.42. The van der Waals surface area contributed by atoms with Gasteiger partial charge in [-0.25, -0.2) is 9.18 Å². The molecule has 1 fully saturated rings. The summed E-state index contributed by atoms with van der Waals surface area (Å²) in [6.45, 7) is 3.88. The van der Waals surface area contributed by atoms with E-state index in [1.54, 1.807) is 7.05 Å². The standard InChI is InChI=1S/C24H26FN5O5/c1-26-18-13-15(25)12-17-20(18)29-23(32)19(21(17)27-6-7-30-8-10-35-11-9-30)22(31)28-16-4-2-14(3-5-16)24(33)34/h2-5,12-13,26H,6-11H2,1H3,(H,28,31)(H,33,34)(H2,27,29,32). The number of hydrogen-bond acceptors (Lipinski definition) is 7. The maximum Gasteiger partial charge on any atom is 0.335 e. The van der Waals surface area contributed by atoms with Gasteiger partial charge in [-0.15, -0.1) is 0 Å². The van der Waals surface area contributed by atoms with E-state index in [0.29, 0.717) is 48.6 Å². The van der Waals surface area contributed by atoms with E-state index in [0.717, 1.165) is 13.1 Å². The van der Waals surface area contributed by atoms with Crippen molar-refractivity contribution in [3.8, 4) is 0 Å². The highest BCUT2D eigenvalue weighted by Crippen LogP contribution is 2.30. The first-order valence-electron chi connectivity index (χ1n) is 11.1. The number of fused-ring (bicyclic) bond motifs is 1. The molecule has 1 aliphatic rings. The van der Waals surface area contributed by atoms with Gasteiger partial charge in [0, 0.05) is 44.3 Å². The number of carboxylic acid groups (broad SMARTS) is 1. The minimum Gasteiger partial charge on any atom is -0.478 e. The number of aromatic amines is 1. The molecule has 3 aromatic rings. The molecule has 0 saturated carbocycles. The molecular weight excluding hydrogens is 457 g/mol. The lowest BCUT2D eigenvalue weighted by molar-refractivity contribution is 0.0398. The molecule has 10 nitrogen and oxygen atoms in total. The van der Waals surface area contributed by atoms with Crippen LogP contribution in [-0.2, 0) is 4.74 Å². The van der Waals surface area contributed by atoms with Crippen molar-refractivity contribution in [3.05, 3.63) is 63.7 Å². The smallest absolute Gasteiger partial charge is 0.335 e. The molecule has 1 amide bonds. The molecule has 4 rings (SSSR count). The predicted octanol–water partition coefficient (Wildman–Crippen LogP) is 2.40. The van der Waals surface area contributed by atoms with E-state index in [1.165, 1.54) is 36.4 Å². The largest absolute Gasteiger partial charge is 0.478 e. The summed E-state index contributed by atoms with van der Waals surface area (Å²) in [4.78, 5) is 42.2. The molecule has 0 radical (unpaired) electrons. The maximum atomic E-state index is 14.4. The van der Waals surface area contributed by atoms with Gasteiger partial charge >= 0.3 is 5.97 Å². The number of nitrogens with one attached hydrogen (secondary N) is 4. The number of rotatable bonds is 8. The second-order valence-corrected chi connectivity index (χ2v) is 8.05. The summed E-state index contributed by atoms with van der Waals surface area (Å²) >= 11 is 0. The van der Waals surface area contributed by atoms with Crippen molar-refractivity contribution >= 4 is 39.8 Å². The van der Waals surface area contributed by atoms with E-state index in [9.17, 15) is 18.8 Å². The van der Waals surface area contributed by atoms with E-state index in [-0.39, 0.29) is 16.8 Å². The second kappa shape index (κ2) is 10.5. The molecule has 2 heterocycles. The topological polar surface area (TPSA) is 136 Å². The number of H-pyrrole nitrogens is 1. The summed E-state index contributed by atoms with van der Waals surface area (Å²) in [5.74, 6) is -2.33. The van der Waals surface area contributed by atoms with E-state index in [1.807, 2.05) is 0 Å². The van der Waals surface area contributed by atoms with Crippen LogP contribution in [0.2, 0.25) is 0 Å². The molecule has 1 saturated heterocycles. The number of amides is 1. The van der Waals surface area contributed by atoms with Crippen LogP contribution in [0.5, 0.6) is 0 Å². The lowest BCUT2D eigenvalue weighted by Crippen LogP contribution is -2.39. The number of anilines is 3. The summed E-state index contributed by atoms with van der Waals surface area (Å²) < 4.78 is 19.8. The van der Waals surface area contributed by atoms with Gasteiger partial charge in [0.25, 0.3) is 11.5 Å². The van der Waals surface area contributed by atoms with Crippen molar-refractivity contribution < 1.29 is 23.8 Å². The van der Waals surface area contributed by atoms with Gasteiger partial charge in [-0.3, -0.25) is 14.5 Å². The number of aromatic carboxylic acids is 1. The van der Waals surface area contributed by atoms with Crippen LogP contribution in [0.4, 0.5) is 21.5 Å². The van der Waals surface area contributed by atoms with Crippen LogP contribution < -0.4 is 21.5 Å². The van der Waals surface area contributed by atoms with E-state index >= 15 is 0 Å². The highest BCUT2D eigenvalue weighted by molar-refractivity contribution is 6.13. The quantitative estimate of drug-likeness (QED) is 0.330. The van der Waals surface area contributed by atoms with Crippen LogP contribution in [0.1, 0.15) is 20.7 Å². The molecule has 2 aromatic carbocycles. The summed E-state index contributed by atoms with van der Waals surface area (Å²) in [7, 11) is 1.61. The summed E-state index contributed by atoms with van der Waals surface area (Å²) in [5, 5.41) is 18.1. The van der Waals surface area contributed by atoms with Crippen molar-refractivity contribution in [2.75, 3.05) is 62.4 Å². The minimum atomic E-state index is -1.09. The molecule has 35 heavy (non-hydrogen) atoms. The number of hydrogen-bond donors (Lipinski definition) is 5. The first kappa shape index (κ1) is 24.2.